The van der Waals surface area contributed by atoms with Crippen molar-refractivity contribution >= 4 is 45.2 Å². The molecule has 0 saturated heterocycles. The maximum atomic E-state index is 15.5. The number of aromatic nitrogens is 1. The number of imide groups is 1. The zero-order chi connectivity index (χ0) is 35.2. The summed E-state index contributed by atoms with van der Waals surface area (Å²) in [4.78, 5) is 41.0. The number of ether oxygens (including phenoxy) is 1. The van der Waals surface area contributed by atoms with Gasteiger partial charge in [-0.2, -0.15) is 49.0 Å². The van der Waals surface area contributed by atoms with Gasteiger partial charge in [-0.05, 0) is 52.3 Å². The SMILES string of the molecule is COC(=O)N(C(=O)c1cccc(N(O)C(=O)c2ccc(F)nc2)c1F)c1c(Br)cc(C(F)(C(F)(F)F)C(F)(F)F)cc1C(F)(F)F. The van der Waals surface area contributed by atoms with Gasteiger partial charge in [0, 0.05) is 16.2 Å². The molecule has 0 aliphatic heterocycles. The highest BCUT2D eigenvalue weighted by molar-refractivity contribution is 9.10. The van der Waals surface area contributed by atoms with Crippen LogP contribution in [0.25, 0.3) is 0 Å². The van der Waals surface area contributed by atoms with Gasteiger partial charge >= 0.3 is 30.3 Å². The van der Waals surface area contributed by atoms with Crippen molar-refractivity contribution in [1.82, 2.24) is 4.98 Å². The minimum Gasteiger partial charge on any atom is -0.452 e. The van der Waals surface area contributed by atoms with Crippen molar-refractivity contribution in [2.24, 2.45) is 0 Å². The van der Waals surface area contributed by atoms with Gasteiger partial charge in [0.1, 0.15) is 5.69 Å². The number of hydrogen-bond donors (Lipinski definition) is 1. The number of methoxy groups -OCH3 is 1. The Morgan fingerprint density at radius 2 is 1.46 bits per heavy atom. The van der Waals surface area contributed by atoms with Gasteiger partial charge in [-0.1, -0.05) is 6.07 Å². The third-order valence-electron chi connectivity index (χ3n) is 5.94. The molecule has 8 nitrogen and oxygen atoms in total. The number of carbonyl (C=O) groups excluding carboxylic acids is 3. The third kappa shape index (κ3) is 6.46. The first kappa shape index (κ1) is 36.1. The molecule has 2 aromatic carbocycles. The van der Waals surface area contributed by atoms with E-state index in [0.717, 1.165) is 12.1 Å². The zero-order valence-corrected chi connectivity index (χ0v) is 23.5. The quantitative estimate of drug-likeness (QED) is 0.124. The van der Waals surface area contributed by atoms with Crippen molar-refractivity contribution < 1.29 is 77.0 Å². The monoisotopic (exact) mass is 741 g/mol. The minimum atomic E-state index is -6.87. The molecule has 0 fully saturated rings. The maximum absolute atomic E-state index is 15.5. The smallest absolute Gasteiger partial charge is 0.435 e. The summed E-state index contributed by atoms with van der Waals surface area (Å²) >= 11 is 2.24. The molecule has 3 amide bonds. The first-order valence-electron chi connectivity index (χ1n) is 11.6. The molecule has 0 saturated carbocycles. The lowest BCUT2D eigenvalue weighted by Gasteiger charge is -2.32. The van der Waals surface area contributed by atoms with Crippen LogP contribution in [0.15, 0.2) is 53.1 Å². The van der Waals surface area contributed by atoms with Gasteiger partial charge in [-0.3, -0.25) is 14.8 Å². The molecule has 46 heavy (non-hydrogen) atoms. The Morgan fingerprint density at radius 1 is 0.870 bits per heavy atom. The Hall–Kier alpha value is -4.40. The molecule has 1 heterocycles. The summed E-state index contributed by atoms with van der Waals surface area (Å²) < 4.78 is 168. The summed E-state index contributed by atoms with van der Waals surface area (Å²) in [5.41, 5.74) is -16.7. The number of hydroxylamine groups is 1. The summed E-state index contributed by atoms with van der Waals surface area (Å²) in [6, 6.07) is 1.93. The second kappa shape index (κ2) is 12.4. The minimum absolute atomic E-state index is 0.438. The molecular formula is C25H12BrF12N3O5. The van der Waals surface area contributed by atoms with E-state index in [1.54, 1.807) is 0 Å². The van der Waals surface area contributed by atoms with Gasteiger partial charge < -0.3 is 4.74 Å². The van der Waals surface area contributed by atoms with Crippen molar-refractivity contribution in [3.63, 3.8) is 0 Å². The Kier molecular flexibility index (Phi) is 9.74. The van der Waals surface area contributed by atoms with Crippen LogP contribution in [-0.4, -0.2) is 47.6 Å². The number of amides is 3. The number of pyridine rings is 1. The van der Waals surface area contributed by atoms with Crippen LogP contribution in [0.5, 0.6) is 0 Å². The van der Waals surface area contributed by atoms with Gasteiger partial charge in [0.15, 0.2) is 5.82 Å². The first-order valence-corrected chi connectivity index (χ1v) is 12.4. The standard InChI is InChI=1S/C25H12BrF12N3O5/c1-46-21(44)40(18-13(23(30,31)32)7-11(8-14(18)26)22(29,24(33,34)35)25(36,37)38)20(43)12-3-2-4-15(17(12)28)41(45)19(42)10-5-6-16(27)39-9-10/h2-9,45H,1H3. The third-order valence-corrected chi connectivity index (χ3v) is 6.54. The van der Waals surface area contributed by atoms with Crippen LogP contribution in [0, 0.1) is 11.8 Å². The van der Waals surface area contributed by atoms with Crippen LogP contribution in [0.1, 0.15) is 31.8 Å². The van der Waals surface area contributed by atoms with Gasteiger partial charge in [-0.25, -0.2) is 23.5 Å². The van der Waals surface area contributed by atoms with Crippen molar-refractivity contribution in [2.75, 3.05) is 17.1 Å². The van der Waals surface area contributed by atoms with E-state index in [1.807, 2.05) is 0 Å². The van der Waals surface area contributed by atoms with E-state index in [9.17, 15) is 67.9 Å². The number of anilines is 2. The summed E-state index contributed by atoms with van der Waals surface area (Å²) in [5.74, 6) is -6.59. The number of benzene rings is 2. The van der Waals surface area contributed by atoms with E-state index >= 15 is 4.39 Å². The predicted octanol–water partition coefficient (Wildman–Crippen LogP) is 7.88. The highest BCUT2D eigenvalue weighted by Crippen LogP contribution is 2.55. The molecule has 0 unspecified atom stereocenters. The predicted molar refractivity (Wildman–Crippen MR) is 132 cm³/mol. The number of carbonyl (C=O) groups is 3. The van der Waals surface area contributed by atoms with Crippen molar-refractivity contribution in [1.29, 1.82) is 0 Å². The second-order valence-electron chi connectivity index (χ2n) is 8.74. The van der Waals surface area contributed by atoms with E-state index in [0.29, 0.717) is 31.5 Å². The molecule has 0 radical (unpaired) electrons. The maximum Gasteiger partial charge on any atom is 0.435 e. The molecule has 21 heteroatoms. The van der Waals surface area contributed by atoms with Gasteiger partial charge in [-0.15, -0.1) is 0 Å². The summed E-state index contributed by atoms with van der Waals surface area (Å²) in [7, 11) is 0.468. The number of alkyl halides is 10. The first-order chi connectivity index (χ1) is 21.0. The average molecular weight is 742 g/mol. The summed E-state index contributed by atoms with van der Waals surface area (Å²) in [6.07, 6.45) is -21.3. The Morgan fingerprint density at radius 3 is 1.93 bits per heavy atom. The van der Waals surface area contributed by atoms with E-state index in [-0.39, 0.29) is 0 Å². The van der Waals surface area contributed by atoms with E-state index in [2.05, 4.69) is 25.7 Å². The molecule has 3 rings (SSSR count). The van der Waals surface area contributed by atoms with Crippen LogP contribution in [0.3, 0.4) is 0 Å². The molecule has 0 atom stereocenters. The lowest BCUT2D eigenvalue weighted by Crippen LogP contribution is -2.50. The Balaban J connectivity index is 2.27. The Labute approximate surface area is 255 Å². The highest BCUT2D eigenvalue weighted by Gasteiger charge is 2.73. The molecule has 0 aliphatic rings. The van der Waals surface area contributed by atoms with Crippen LogP contribution < -0.4 is 9.96 Å². The molecule has 0 spiro atoms. The van der Waals surface area contributed by atoms with E-state index < -0.39 is 114 Å². The lowest BCUT2D eigenvalue weighted by molar-refractivity contribution is -0.348. The number of rotatable bonds is 5. The van der Waals surface area contributed by atoms with Crippen molar-refractivity contribution in [2.45, 2.75) is 24.2 Å². The van der Waals surface area contributed by atoms with Crippen molar-refractivity contribution in [3.8, 4) is 0 Å². The number of nitrogens with zero attached hydrogens (tertiary/aromatic N) is 3. The lowest BCUT2D eigenvalue weighted by atomic mass is 9.91. The fourth-order valence-electron chi connectivity index (χ4n) is 3.80. The number of halogens is 13. The van der Waals surface area contributed by atoms with Gasteiger partial charge in [0.2, 0.25) is 5.95 Å². The average Bonchev–Trinajstić information content (AvgIpc) is 2.95. The molecule has 0 aliphatic carbocycles. The molecular weight excluding hydrogens is 730 g/mol. The molecule has 0 bridgehead atoms. The highest BCUT2D eigenvalue weighted by atomic mass is 79.9. The topological polar surface area (TPSA) is 100 Å². The zero-order valence-electron chi connectivity index (χ0n) is 22.0. The van der Waals surface area contributed by atoms with Gasteiger partial charge in [0.05, 0.1) is 29.5 Å². The second-order valence-corrected chi connectivity index (χ2v) is 9.60. The largest absolute Gasteiger partial charge is 0.452 e. The Bertz CT molecular complexity index is 1660. The van der Waals surface area contributed by atoms with Crippen molar-refractivity contribution in [3.05, 3.63) is 87.2 Å². The molecule has 248 valence electrons. The van der Waals surface area contributed by atoms with Crippen LogP contribution >= 0.6 is 15.9 Å². The van der Waals surface area contributed by atoms with Gasteiger partial charge in [0.25, 0.3) is 11.8 Å². The summed E-state index contributed by atoms with van der Waals surface area (Å²) in [5, 5.41) is 9.83. The normalized spacial score (nSPS) is 12.5. The van der Waals surface area contributed by atoms with Crippen LogP contribution in [0.2, 0.25) is 0 Å². The fourth-order valence-corrected chi connectivity index (χ4v) is 4.44. The van der Waals surface area contributed by atoms with Crippen LogP contribution in [0.4, 0.5) is 68.9 Å². The molecule has 1 aromatic heterocycles. The molecule has 1 N–H and O–H groups in total. The summed E-state index contributed by atoms with van der Waals surface area (Å²) in [6.45, 7) is 0. The van der Waals surface area contributed by atoms with E-state index in [1.165, 1.54) is 0 Å². The fraction of sp³-hybridized carbons (Fsp3) is 0.200. The van der Waals surface area contributed by atoms with E-state index in [4.69, 9.17) is 0 Å². The number of hydrogen-bond acceptors (Lipinski definition) is 6. The molecule has 3 aromatic rings. The van der Waals surface area contributed by atoms with Crippen LogP contribution in [-0.2, 0) is 16.6 Å².